The third-order valence-corrected chi connectivity index (χ3v) is 4.84. The zero-order chi connectivity index (χ0) is 18.9. The Labute approximate surface area is 161 Å². The van der Waals surface area contributed by atoms with Crippen molar-refractivity contribution in [1.29, 1.82) is 0 Å². The molecule has 2 aromatic heterocycles. The maximum absolute atomic E-state index is 13.3. The van der Waals surface area contributed by atoms with Crippen LogP contribution in [0.3, 0.4) is 0 Å². The molecule has 0 saturated heterocycles. The fourth-order valence-electron chi connectivity index (χ4n) is 3.42. The molecule has 28 heavy (non-hydrogen) atoms. The topological polar surface area (TPSA) is 35.6 Å². The molecule has 0 aliphatic rings. The quantitative estimate of drug-likeness (QED) is 0.444. The SMILES string of the molecule is Fc1ccc(Cn2c(-c3ccc(-n4ccnc4)cc3)nc3ccccc32)cc1. The van der Waals surface area contributed by atoms with E-state index >= 15 is 0 Å². The summed E-state index contributed by atoms with van der Waals surface area (Å²) in [7, 11) is 0. The second-order valence-electron chi connectivity index (χ2n) is 6.65. The normalized spacial score (nSPS) is 11.2. The van der Waals surface area contributed by atoms with E-state index in [0.29, 0.717) is 6.54 Å². The second-order valence-corrected chi connectivity index (χ2v) is 6.65. The predicted molar refractivity (Wildman–Crippen MR) is 108 cm³/mol. The summed E-state index contributed by atoms with van der Waals surface area (Å²) < 4.78 is 17.4. The smallest absolute Gasteiger partial charge is 0.141 e. The maximum atomic E-state index is 13.3. The van der Waals surface area contributed by atoms with E-state index in [9.17, 15) is 4.39 Å². The molecule has 0 atom stereocenters. The van der Waals surface area contributed by atoms with Crippen LogP contribution in [0.1, 0.15) is 5.56 Å². The van der Waals surface area contributed by atoms with Gasteiger partial charge in [-0.15, -0.1) is 0 Å². The van der Waals surface area contributed by atoms with Gasteiger partial charge in [0.05, 0.1) is 17.4 Å². The van der Waals surface area contributed by atoms with Gasteiger partial charge in [0.15, 0.2) is 0 Å². The van der Waals surface area contributed by atoms with Gasteiger partial charge in [0, 0.05) is 30.2 Å². The number of aromatic nitrogens is 4. The van der Waals surface area contributed by atoms with Crippen LogP contribution in [-0.4, -0.2) is 19.1 Å². The highest BCUT2D eigenvalue weighted by atomic mass is 19.1. The van der Waals surface area contributed by atoms with Gasteiger partial charge in [0.1, 0.15) is 11.6 Å². The van der Waals surface area contributed by atoms with Gasteiger partial charge in [-0.2, -0.15) is 0 Å². The Morgan fingerprint density at radius 3 is 2.39 bits per heavy atom. The Morgan fingerprint density at radius 1 is 0.857 bits per heavy atom. The molecule has 0 saturated carbocycles. The zero-order valence-electron chi connectivity index (χ0n) is 15.0. The molecule has 2 heterocycles. The molecule has 5 rings (SSSR count). The van der Waals surface area contributed by atoms with Gasteiger partial charge < -0.3 is 9.13 Å². The molecule has 5 aromatic rings. The van der Waals surface area contributed by atoms with Crippen molar-refractivity contribution in [2.24, 2.45) is 0 Å². The number of para-hydroxylation sites is 2. The van der Waals surface area contributed by atoms with Crippen LogP contribution in [-0.2, 0) is 6.54 Å². The van der Waals surface area contributed by atoms with E-state index in [1.807, 2.05) is 41.1 Å². The van der Waals surface area contributed by atoms with Gasteiger partial charge in [-0.3, -0.25) is 0 Å². The summed E-state index contributed by atoms with van der Waals surface area (Å²) in [5, 5.41) is 0. The lowest BCUT2D eigenvalue weighted by atomic mass is 10.1. The highest BCUT2D eigenvalue weighted by Crippen LogP contribution is 2.27. The molecule has 0 N–H and O–H groups in total. The van der Waals surface area contributed by atoms with E-state index in [-0.39, 0.29) is 5.82 Å². The number of halogens is 1. The molecule has 0 fully saturated rings. The number of fused-ring (bicyclic) bond motifs is 1. The van der Waals surface area contributed by atoms with Crippen LogP contribution < -0.4 is 0 Å². The first-order valence-electron chi connectivity index (χ1n) is 9.06. The Kier molecular flexibility index (Phi) is 3.98. The van der Waals surface area contributed by atoms with Crippen LogP contribution in [0.2, 0.25) is 0 Å². The van der Waals surface area contributed by atoms with Crippen LogP contribution in [0.15, 0.2) is 91.5 Å². The molecular weight excluding hydrogens is 351 g/mol. The summed E-state index contributed by atoms with van der Waals surface area (Å²) in [6.07, 6.45) is 5.45. The first-order valence-corrected chi connectivity index (χ1v) is 9.06. The average Bonchev–Trinajstić information content (AvgIpc) is 3.39. The first kappa shape index (κ1) is 16.4. The van der Waals surface area contributed by atoms with Crippen molar-refractivity contribution in [1.82, 2.24) is 19.1 Å². The minimum atomic E-state index is -0.227. The molecule has 3 aromatic carbocycles. The van der Waals surface area contributed by atoms with Gasteiger partial charge in [0.2, 0.25) is 0 Å². The fourth-order valence-corrected chi connectivity index (χ4v) is 3.42. The number of nitrogens with zero attached hydrogens (tertiary/aromatic N) is 4. The molecule has 0 aliphatic heterocycles. The molecule has 0 radical (unpaired) electrons. The van der Waals surface area contributed by atoms with E-state index < -0.39 is 0 Å². The van der Waals surface area contributed by atoms with Gasteiger partial charge >= 0.3 is 0 Å². The highest BCUT2D eigenvalue weighted by molar-refractivity contribution is 5.81. The van der Waals surface area contributed by atoms with E-state index in [1.54, 1.807) is 12.5 Å². The van der Waals surface area contributed by atoms with Gasteiger partial charge in [-0.25, -0.2) is 14.4 Å². The lowest BCUT2D eigenvalue weighted by Crippen LogP contribution is -2.02. The average molecular weight is 368 g/mol. The van der Waals surface area contributed by atoms with Crippen molar-refractivity contribution < 1.29 is 4.39 Å². The van der Waals surface area contributed by atoms with Gasteiger partial charge in [-0.1, -0.05) is 24.3 Å². The molecule has 5 heteroatoms. The molecule has 0 spiro atoms. The Hall–Kier alpha value is -3.73. The van der Waals surface area contributed by atoms with Crippen LogP contribution in [0.5, 0.6) is 0 Å². The van der Waals surface area contributed by atoms with Crippen LogP contribution in [0.4, 0.5) is 4.39 Å². The van der Waals surface area contributed by atoms with Crippen LogP contribution >= 0.6 is 0 Å². The van der Waals surface area contributed by atoms with Crippen molar-refractivity contribution in [2.75, 3.05) is 0 Å². The minimum absolute atomic E-state index is 0.227. The van der Waals surface area contributed by atoms with Crippen LogP contribution in [0.25, 0.3) is 28.1 Å². The number of benzene rings is 3. The number of rotatable bonds is 4. The lowest BCUT2D eigenvalue weighted by Gasteiger charge is -2.10. The highest BCUT2D eigenvalue weighted by Gasteiger charge is 2.13. The Balaban J connectivity index is 1.59. The molecule has 0 amide bonds. The monoisotopic (exact) mass is 368 g/mol. The third kappa shape index (κ3) is 2.97. The van der Waals surface area contributed by atoms with Crippen molar-refractivity contribution in [2.45, 2.75) is 6.54 Å². The molecule has 136 valence electrons. The first-order chi connectivity index (χ1) is 13.8. The minimum Gasteiger partial charge on any atom is -0.319 e. The predicted octanol–water partition coefficient (Wildman–Crippen LogP) is 5.08. The second kappa shape index (κ2) is 6.78. The summed E-state index contributed by atoms with van der Waals surface area (Å²) in [5.74, 6) is 0.664. The largest absolute Gasteiger partial charge is 0.319 e. The third-order valence-electron chi connectivity index (χ3n) is 4.84. The van der Waals surface area contributed by atoms with Crippen molar-refractivity contribution in [3.05, 3.63) is 103 Å². The molecule has 4 nitrogen and oxygen atoms in total. The zero-order valence-corrected chi connectivity index (χ0v) is 15.0. The Bertz CT molecular complexity index is 1220. The number of hydrogen-bond donors (Lipinski definition) is 0. The number of imidazole rings is 2. The van der Waals surface area contributed by atoms with E-state index in [1.165, 1.54) is 12.1 Å². The van der Waals surface area contributed by atoms with E-state index in [4.69, 9.17) is 4.98 Å². The van der Waals surface area contributed by atoms with Gasteiger partial charge in [-0.05, 0) is 54.1 Å². The lowest BCUT2D eigenvalue weighted by molar-refractivity contribution is 0.626. The summed E-state index contributed by atoms with van der Waals surface area (Å²) >= 11 is 0. The molecule has 0 unspecified atom stereocenters. The summed E-state index contributed by atoms with van der Waals surface area (Å²) in [6, 6.07) is 22.9. The van der Waals surface area contributed by atoms with E-state index in [0.717, 1.165) is 33.7 Å². The van der Waals surface area contributed by atoms with Gasteiger partial charge in [0.25, 0.3) is 0 Å². The summed E-state index contributed by atoms with van der Waals surface area (Å²) in [6.45, 7) is 0.624. The summed E-state index contributed by atoms with van der Waals surface area (Å²) in [4.78, 5) is 8.95. The van der Waals surface area contributed by atoms with Crippen molar-refractivity contribution in [3.63, 3.8) is 0 Å². The van der Waals surface area contributed by atoms with Crippen molar-refractivity contribution in [3.8, 4) is 17.1 Å². The Morgan fingerprint density at radius 2 is 1.64 bits per heavy atom. The summed E-state index contributed by atoms with van der Waals surface area (Å²) in [5.41, 5.74) is 5.10. The van der Waals surface area contributed by atoms with E-state index in [2.05, 4.69) is 39.9 Å². The fraction of sp³-hybridized carbons (Fsp3) is 0.0435. The standard InChI is InChI=1S/C23H17FN4/c24-19-9-5-17(6-10-19)15-28-22-4-2-1-3-21(22)26-23(28)18-7-11-20(12-8-18)27-14-13-25-16-27/h1-14,16H,15H2. The van der Waals surface area contributed by atoms with Crippen molar-refractivity contribution >= 4 is 11.0 Å². The molecular formula is C23H17FN4. The molecule has 0 aliphatic carbocycles. The van der Waals surface area contributed by atoms with Crippen LogP contribution in [0, 0.1) is 5.82 Å². The maximum Gasteiger partial charge on any atom is 0.141 e. The molecule has 0 bridgehead atoms. The number of hydrogen-bond acceptors (Lipinski definition) is 2.